The van der Waals surface area contributed by atoms with E-state index in [0.717, 1.165) is 5.65 Å². The van der Waals surface area contributed by atoms with E-state index in [9.17, 15) is 4.79 Å². The molecule has 0 spiro atoms. The molecule has 0 radical (unpaired) electrons. The summed E-state index contributed by atoms with van der Waals surface area (Å²) in [5.74, 6) is 1.30. The molecule has 0 bridgehead atoms. The van der Waals surface area contributed by atoms with E-state index in [0.29, 0.717) is 18.2 Å². The molecule has 1 saturated carbocycles. The fraction of sp³-hybridized carbons (Fsp3) is 0.467. The van der Waals surface area contributed by atoms with Crippen LogP contribution in [-0.4, -0.2) is 15.3 Å². The second-order valence-electron chi connectivity index (χ2n) is 5.35. The highest BCUT2D eigenvalue weighted by molar-refractivity contribution is 5.90. The average Bonchev–Trinajstić information content (AvgIpc) is 2.81. The summed E-state index contributed by atoms with van der Waals surface area (Å²) in [4.78, 5) is 16.4. The normalized spacial score (nSPS) is 16.6. The van der Waals surface area contributed by atoms with Crippen LogP contribution >= 0.6 is 0 Å². The van der Waals surface area contributed by atoms with E-state index in [1.54, 1.807) is 0 Å². The van der Waals surface area contributed by atoms with Crippen molar-refractivity contribution in [2.24, 2.45) is 5.92 Å². The summed E-state index contributed by atoms with van der Waals surface area (Å²) >= 11 is 0. The minimum Gasteiger partial charge on any atom is -0.309 e. The summed E-state index contributed by atoms with van der Waals surface area (Å²) in [5, 5.41) is 2.91. The molecular formula is C15H19N3O. The first-order valence-corrected chi connectivity index (χ1v) is 7.05. The Bertz CT molecular complexity index is 537. The summed E-state index contributed by atoms with van der Waals surface area (Å²) < 4.78 is 1.91. The largest absolute Gasteiger partial charge is 0.309 e. The Balaban J connectivity index is 1.62. The predicted molar refractivity (Wildman–Crippen MR) is 75.0 cm³/mol. The van der Waals surface area contributed by atoms with Crippen molar-refractivity contribution in [2.45, 2.75) is 38.5 Å². The quantitative estimate of drug-likeness (QED) is 0.917. The smallest absolute Gasteiger partial charge is 0.225 e. The van der Waals surface area contributed by atoms with Crippen molar-refractivity contribution in [3.8, 4) is 0 Å². The van der Waals surface area contributed by atoms with Gasteiger partial charge >= 0.3 is 0 Å². The number of carbonyl (C=O) groups excluding carboxylic acids is 1. The zero-order chi connectivity index (χ0) is 13.1. The molecule has 0 aromatic carbocycles. The van der Waals surface area contributed by atoms with Crippen LogP contribution in [0.3, 0.4) is 0 Å². The van der Waals surface area contributed by atoms with Gasteiger partial charge in [0.15, 0.2) is 5.82 Å². The summed E-state index contributed by atoms with van der Waals surface area (Å²) in [6.45, 7) is 0. The monoisotopic (exact) mass is 257 g/mol. The lowest BCUT2D eigenvalue weighted by Crippen LogP contribution is -2.18. The number of nitrogens with zero attached hydrogens (tertiary/aromatic N) is 2. The van der Waals surface area contributed by atoms with Gasteiger partial charge in [0.05, 0.1) is 6.20 Å². The van der Waals surface area contributed by atoms with Crippen molar-refractivity contribution in [3.05, 3.63) is 30.6 Å². The lowest BCUT2D eigenvalue weighted by Gasteiger charge is -2.20. The van der Waals surface area contributed by atoms with Gasteiger partial charge in [0.25, 0.3) is 0 Å². The fourth-order valence-corrected chi connectivity index (χ4v) is 2.84. The molecule has 1 N–H and O–H groups in total. The van der Waals surface area contributed by atoms with Crippen LogP contribution in [0.1, 0.15) is 38.5 Å². The minimum atomic E-state index is 0.0929. The third-order valence-electron chi connectivity index (χ3n) is 3.83. The van der Waals surface area contributed by atoms with Crippen LogP contribution in [0.15, 0.2) is 30.6 Å². The molecule has 1 fully saturated rings. The molecule has 1 amide bonds. The number of rotatable bonds is 3. The first-order valence-electron chi connectivity index (χ1n) is 7.05. The summed E-state index contributed by atoms with van der Waals surface area (Å²) in [6.07, 6.45) is 10.7. The minimum absolute atomic E-state index is 0.0929. The van der Waals surface area contributed by atoms with Gasteiger partial charge in [0, 0.05) is 12.6 Å². The molecule has 0 atom stereocenters. The van der Waals surface area contributed by atoms with Crippen LogP contribution in [0.25, 0.3) is 5.65 Å². The Morgan fingerprint density at radius 3 is 2.95 bits per heavy atom. The molecule has 1 aliphatic carbocycles. The molecule has 2 aromatic heterocycles. The summed E-state index contributed by atoms with van der Waals surface area (Å²) in [7, 11) is 0. The molecule has 2 aromatic rings. The molecule has 19 heavy (non-hydrogen) atoms. The van der Waals surface area contributed by atoms with Crippen molar-refractivity contribution >= 4 is 17.4 Å². The second-order valence-corrected chi connectivity index (χ2v) is 5.35. The molecule has 4 heteroatoms. The van der Waals surface area contributed by atoms with Crippen LogP contribution in [0.4, 0.5) is 5.82 Å². The molecular weight excluding hydrogens is 238 g/mol. The number of hydrogen-bond donors (Lipinski definition) is 1. The third kappa shape index (κ3) is 2.95. The van der Waals surface area contributed by atoms with Gasteiger partial charge < -0.3 is 9.72 Å². The fourth-order valence-electron chi connectivity index (χ4n) is 2.84. The maximum atomic E-state index is 12.0. The van der Waals surface area contributed by atoms with Crippen LogP contribution < -0.4 is 5.32 Å². The van der Waals surface area contributed by atoms with E-state index in [2.05, 4.69) is 10.3 Å². The molecule has 0 unspecified atom stereocenters. The maximum Gasteiger partial charge on any atom is 0.225 e. The van der Waals surface area contributed by atoms with Crippen molar-refractivity contribution in [1.29, 1.82) is 0 Å². The Morgan fingerprint density at radius 1 is 1.32 bits per heavy atom. The Kier molecular flexibility index (Phi) is 3.49. The van der Waals surface area contributed by atoms with Crippen molar-refractivity contribution in [1.82, 2.24) is 9.38 Å². The number of nitrogens with one attached hydrogen (secondary N) is 1. The lowest BCUT2D eigenvalue weighted by molar-refractivity contribution is -0.117. The number of anilines is 1. The van der Waals surface area contributed by atoms with Crippen LogP contribution in [0.2, 0.25) is 0 Å². The van der Waals surface area contributed by atoms with Gasteiger partial charge in [-0.3, -0.25) is 4.79 Å². The van der Waals surface area contributed by atoms with Gasteiger partial charge in [-0.2, -0.15) is 0 Å². The van der Waals surface area contributed by atoms with Crippen LogP contribution in [0, 0.1) is 5.92 Å². The number of pyridine rings is 1. The maximum absolute atomic E-state index is 12.0. The number of carbonyl (C=O) groups is 1. The van der Waals surface area contributed by atoms with Gasteiger partial charge in [-0.15, -0.1) is 0 Å². The first kappa shape index (κ1) is 12.2. The van der Waals surface area contributed by atoms with E-state index >= 15 is 0 Å². The van der Waals surface area contributed by atoms with Crippen molar-refractivity contribution in [3.63, 3.8) is 0 Å². The number of aromatic nitrogens is 2. The standard InChI is InChI=1S/C15H19N3O/c19-15(10-12-6-2-1-3-7-12)17-13-11-18-9-5-4-8-14(18)16-13/h4-5,8-9,11-12H,1-3,6-7,10H2,(H,17,19). The molecule has 0 saturated heterocycles. The van der Waals surface area contributed by atoms with Crippen LogP contribution in [-0.2, 0) is 4.79 Å². The van der Waals surface area contributed by atoms with Gasteiger partial charge in [-0.05, 0) is 30.9 Å². The SMILES string of the molecule is O=C(CC1CCCCC1)Nc1cn2ccccc2n1. The number of amides is 1. The lowest BCUT2D eigenvalue weighted by atomic mass is 9.87. The van der Waals surface area contributed by atoms with Gasteiger partial charge in [-0.25, -0.2) is 4.98 Å². The number of fused-ring (bicyclic) bond motifs is 1. The summed E-state index contributed by atoms with van der Waals surface area (Å²) in [5.41, 5.74) is 0.857. The number of hydrogen-bond acceptors (Lipinski definition) is 2. The number of imidazole rings is 1. The van der Waals surface area contributed by atoms with E-state index < -0.39 is 0 Å². The van der Waals surface area contributed by atoms with E-state index in [4.69, 9.17) is 0 Å². The predicted octanol–water partition coefficient (Wildman–Crippen LogP) is 3.24. The summed E-state index contributed by atoms with van der Waals surface area (Å²) in [6, 6.07) is 5.81. The van der Waals surface area contributed by atoms with E-state index in [-0.39, 0.29) is 5.91 Å². The van der Waals surface area contributed by atoms with E-state index in [1.807, 2.05) is 35.0 Å². The third-order valence-corrected chi connectivity index (χ3v) is 3.83. The zero-order valence-electron chi connectivity index (χ0n) is 11.0. The molecule has 100 valence electrons. The second kappa shape index (κ2) is 5.43. The van der Waals surface area contributed by atoms with Crippen molar-refractivity contribution in [2.75, 3.05) is 5.32 Å². The highest BCUT2D eigenvalue weighted by Gasteiger charge is 2.17. The molecule has 0 aliphatic heterocycles. The highest BCUT2D eigenvalue weighted by Crippen LogP contribution is 2.26. The van der Waals surface area contributed by atoms with Crippen molar-refractivity contribution < 1.29 is 4.79 Å². The molecule has 1 aliphatic rings. The highest BCUT2D eigenvalue weighted by atomic mass is 16.1. The zero-order valence-corrected chi connectivity index (χ0v) is 11.0. The van der Waals surface area contributed by atoms with Gasteiger partial charge in [-0.1, -0.05) is 25.3 Å². The Labute approximate surface area is 112 Å². The van der Waals surface area contributed by atoms with Crippen LogP contribution in [0.5, 0.6) is 0 Å². The first-order chi connectivity index (χ1) is 9.31. The topological polar surface area (TPSA) is 46.4 Å². The average molecular weight is 257 g/mol. The van der Waals surface area contributed by atoms with E-state index in [1.165, 1.54) is 32.1 Å². The van der Waals surface area contributed by atoms with Gasteiger partial charge in [0.1, 0.15) is 5.65 Å². The van der Waals surface area contributed by atoms with Gasteiger partial charge in [0.2, 0.25) is 5.91 Å². The molecule has 3 rings (SSSR count). The Morgan fingerprint density at radius 2 is 2.16 bits per heavy atom. The molecule has 2 heterocycles. The molecule has 4 nitrogen and oxygen atoms in total. The Hall–Kier alpha value is -1.84.